The first kappa shape index (κ1) is 21.7. The SMILES string of the molecule is CN1CC2CN(C(=O)CC(C)(C)C)CCN2C(=O)c2cc(-c3ccc(Cl)cc3)ccc21. The molecule has 2 amide bonds. The zero-order chi connectivity index (χ0) is 22.3. The largest absolute Gasteiger partial charge is 0.372 e. The van der Waals surface area contributed by atoms with E-state index in [2.05, 4.69) is 31.7 Å². The summed E-state index contributed by atoms with van der Waals surface area (Å²) in [6, 6.07) is 13.7. The van der Waals surface area contributed by atoms with E-state index in [1.165, 1.54) is 0 Å². The number of hydrogen-bond acceptors (Lipinski definition) is 3. The molecule has 6 heteroatoms. The molecule has 0 N–H and O–H groups in total. The molecule has 0 saturated carbocycles. The maximum absolute atomic E-state index is 13.5. The summed E-state index contributed by atoms with van der Waals surface area (Å²) in [7, 11) is 2.02. The van der Waals surface area contributed by atoms with E-state index in [1.54, 1.807) is 0 Å². The number of likely N-dealkylation sites (N-methyl/N-ethyl adjacent to an activating group) is 1. The summed E-state index contributed by atoms with van der Waals surface area (Å²) in [4.78, 5) is 32.3. The molecule has 1 fully saturated rings. The molecule has 31 heavy (non-hydrogen) atoms. The van der Waals surface area contributed by atoms with E-state index in [-0.39, 0.29) is 23.3 Å². The Morgan fingerprint density at radius 1 is 1.03 bits per heavy atom. The van der Waals surface area contributed by atoms with Crippen molar-refractivity contribution >= 4 is 29.1 Å². The molecule has 1 unspecified atom stereocenters. The van der Waals surface area contributed by atoms with Crippen molar-refractivity contribution in [1.82, 2.24) is 9.80 Å². The number of anilines is 1. The van der Waals surface area contributed by atoms with Crippen molar-refractivity contribution < 1.29 is 9.59 Å². The third-order valence-electron chi connectivity index (χ3n) is 6.08. The molecule has 2 aliphatic heterocycles. The molecule has 0 bridgehead atoms. The van der Waals surface area contributed by atoms with Crippen LogP contribution >= 0.6 is 11.6 Å². The van der Waals surface area contributed by atoms with E-state index in [9.17, 15) is 9.59 Å². The fraction of sp³-hybridized carbons (Fsp3) is 0.440. The van der Waals surface area contributed by atoms with Gasteiger partial charge in [0.2, 0.25) is 5.91 Å². The van der Waals surface area contributed by atoms with Crippen LogP contribution in [0.2, 0.25) is 5.02 Å². The molecule has 2 aliphatic rings. The van der Waals surface area contributed by atoms with Gasteiger partial charge in [-0.3, -0.25) is 9.59 Å². The van der Waals surface area contributed by atoms with E-state index >= 15 is 0 Å². The van der Waals surface area contributed by atoms with Gasteiger partial charge < -0.3 is 14.7 Å². The highest BCUT2D eigenvalue weighted by atomic mass is 35.5. The molecule has 1 atom stereocenters. The second-order valence-electron chi connectivity index (χ2n) is 9.85. The molecule has 5 nitrogen and oxygen atoms in total. The van der Waals surface area contributed by atoms with E-state index in [0.29, 0.717) is 43.2 Å². The molecule has 164 valence electrons. The van der Waals surface area contributed by atoms with Crippen LogP contribution in [0.15, 0.2) is 42.5 Å². The van der Waals surface area contributed by atoms with Crippen LogP contribution in [0.4, 0.5) is 5.69 Å². The second kappa shape index (κ2) is 8.19. The molecule has 2 aromatic carbocycles. The predicted molar refractivity (Wildman–Crippen MR) is 126 cm³/mol. The van der Waals surface area contributed by atoms with Crippen molar-refractivity contribution in [3.8, 4) is 11.1 Å². The Balaban J connectivity index is 1.60. The van der Waals surface area contributed by atoms with Crippen molar-refractivity contribution in [2.45, 2.75) is 33.2 Å². The molecule has 0 aliphatic carbocycles. The molecule has 1 saturated heterocycles. The minimum Gasteiger partial charge on any atom is -0.372 e. The van der Waals surface area contributed by atoms with E-state index < -0.39 is 0 Å². The van der Waals surface area contributed by atoms with Crippen LogP contribution in [0.3, 0.4) is 0 Å². The topological polar surface area (TPSA) is 43.9 Å². The normalized spacial score (nSPS) is 19.1. The number of fused-ring (bicyclic) bond motifs is 2. The molecular formula is C25H30ClN3O2. The molecule has 4 rings (SSSR count). The van der Waals surface area contributed by atoms with Gasteiger partial charge >= 0.3 is 0 Å². The number of hydrogen-bond donors (Lipinski definition) is 0. The lowest BCUT2D eigenvalue weighted by atomic mass is 9.91. The minimum atomic E-state index is -0.0431. The van der Waals surface area contributed by atoms with Gasteiger partial charge in [0.25, 0.3) is 5.91 Å². The van der Waals surface area contributed by atoms with Crippen molar-refractivity contribution in [3.05, 3.63) is 53.1 Å². The quantitative estimate of drug-likeness (QED) is 0.689. The summed E-state index contributed by atoms with van der Waals surface area (Å²) < 4.78 is 0. The number of nitrogens with zero attached hydrogens (tertiary/aromatic N) is 3. The van der Waals surface area contributed by atoms with Crippen LogP contribution in [0.25, 0.3) is 11.1 Å². The van der Waals surface area contributed by atoms with Gasteiger partial charge in [0.05, 0.1) is 11.6 Å². The zero-order valence-electron chi connectivity index (χ0n) is 18.7. The minimum absolute atomic E-state index is 0.0125. The maximum atomic E-state index is 13.5. The lowest BCUT2D eigenvalue weighted by molar-refractivity contribution is -0.135. The Labute approximate surface area is 189 Å². The van der Waals surface area contributed by atoms with E-state index in [4.69, 9.17) is 11.6 Å². The van der Waals surface area contributed by atoms with Gasteiger partial charge in [-0.1, -0.05) is 50.6 Å². The highest BCUT2D eigenvalue weighted by Gasteiger charge is 2.37. The lowest BCUT2D eigenvalue weighted by Gasteiger charge is -2.41. The number of piperazine rings is 1. The Bertz CT molecular complexity index is 997. The fourth-order valence-corrected chi connectivity index (χ4v) is 4.63. The van der Waals surface area contributed by atoms with Crippen LogP contribution in [0.5, 0.6) is 0 Å². The van der Waals surface area contributed by atoms with Crippen LogP contribution < -0.4 is 4.90 Å². The van der Waals surface area contributed by atoms with Crippen LogP contribution in [0.1, 0.15) is 37.6 Å². The van der Waals surface area contributed by atoms with Crippen LogP contribution in [-0.2, 0) is 4.79 Å². The van der Waals surface area contributed by atoms with Gasteiger partial charge in [-0.15, -0.1) is 0 Å². The summed E-state index contributed by atoms with van der Waals surface area (Å²) in [6.45, 7) is 8.70. The molecular weight excluding hydrogens is 410 g/mol. The first-order chi connectivity index (χ1) is 14.6. The molecule has 0 aromatic heterocycles. The zero-order valence-corrected chi connectivity index (χ0v) is 19.4. The maximum Gasteiger partial charge on any atom is 0.256 e. The third kappa shape index (κ3) is 4.57. The summed E-state index contributed by atoms with van der Waals surface area (Å²) in [5.74, 6) is 0.220. The third-order valence-corrected chi connectivity index (χ3v) is 6.33. The van der Waals surface area contributed by atoms with Gasteiger partial charge in [0, 0.05) is 50.4 Å². The molecule has 2 aromatic rings. The van der Waals surface area contributed by atoms with Crippen molar-refractivity contribution in [3.63, 3.8) is 0 Å². The van der Waals surface area contributed by atoms with Gasteiger partial charge in [0.15, 0.2) is 0 Å². The fourth-order valence-electron chi connectivity index (χ4n) is 4.50. The van der Waals surface area contributed by atoms with E-state index in [0.717, 1.165) is 16.8 Å². The Hall–Kier alpha value is -2.53. The Morgan fingerprint density at radius 2 is 1.71 bits per heavy atom. The average Bonchev–Trinajstić information content (AvgIpc) is 2.81. The molecule has 2 heterocycles. The first-order valence-corrected chi connectivity index (χ1v) is 11.2. The number of rotatable bonds is 2. The van der Waals surface area contributed by atoms with Crippen molar-refractivity contribution in [1.29, 1.82) is 0 Å². The highest BCUT2D eigenvalue weighted by molar-refractivity contribution is 6.30. The Morgan fingerprint density at radius 3 is 2.39 bits per heavy atom. The van der Waals surface area contributed by atoms with Gasteiger partial charge in [-0.2, -0.15) is 0 Å². The summed E-state index contributed by atoms with van der Waals surface area (Å²) in [6.07, 6.45) is 0.522. The first-order valence-electron chi connectivity index (χ1n) is 10.8. The average molecular weight is 440 g/mol. The number of carbonyl (C=O) groups is 2. The summed E-state index contributed by atoms with van der Waals surface area (Å²) in [5, 5.41) is 0.691. The van der Waals surface area contributed by atoms with Crippen LogP contribution in [0, 0.1) is 5.41 Å². The number of amides is 2. The number of benzene rings is 2. The second-order valence-corrected chi connectivity index (χ2v) is 10.3. The standard InChI is InChI=1S/C25H30ClN3O2/c1-25(2,3)14-23(30)28-11-12-29-20(16-28)15-27(4)22-10-7-18(13-21(22)24(29)31)17-5-8-19(26)9-6-17/h5-10,13,20H,11-12,14-16H2,1-4H3. The van der Waals surface area contributed by atoms with Gasteiger partial charge in [0.1, 0.15) is 0 Å². The number of carbonyl (C=O) groups excluding carboxylic acids is 2. The molecule has 0 radical (unpaired) electrons. The van der Waals surface area contributed by atoms with Crippen LogP contribution in [-0.4, -0.2) is 60.9 Å². The predicted octanol–water partition coefficient (Wildman–Crippen LogP) is 4.55. The van der Waals surface area contributed by atoms with Crippen molar-refractivity contribution in [2.24, 2.45) is 5.41 Å². The summed E-state index contributed by atoms with van der Waals surface area (Å²) in [5.41, 5.74) is 3.63. The lowest BCUT2D eigenvalue weighted by Crippen LogP contribution is -2.58. The summed E-state index contributed by atoms with van der Waals surface area (Å²) >= 11 is 6.03. The smallest absolute Gasteiger partial charge is 0.256 e. The van der Waals surface area contributed by atoms with Gasteiger partial charge in [-0.05, 0) is 40.8 Å². The van der Waals surface area contributed by atoms with Crippen molar-refractivity contribution in [2.75, 3.05) is 38.1 Å². The number of halogens is 1. The van der Waals surface area contributed by atoms with E-state index in [1.807, 2.05) is 53.2 Å². The molecule has 0 spiro atoms. The monoisotopic (exact) mass is 439 g/mol. The highest BCUT2D eigenvalue weighted by Crippen LogP contribution is 2.33. The van der Waals surface area contributed by atoms with Gasteiger partial charge in [-0.25, -0.2) is 0 Å². The Kier molecular flexibility index (Phi) is 5.73.